The van der Waals surface area contributed by atoms with E-state index in [4.69, 9.17) is 9.84 Å². The molecule has 0 fully saturated rings. The third-order valence-electron chi connectivity index (χ3n) is 6.31. The second-order valence-corrected chi connectivity index (χ2v) is 9.40. The summed E-state index contributed by atoms with van der Waals surface area (Å²) < 4.78 is 6.43. The van der Waals surface area contributed by atoms with Crippen LogP contribution in [0.15, 0.2) is 42.5 Å². The first kappa shape index (κ1) is 25.5. The molecule has 184 valence electrons. The van der Waals surface area contributed by atoms with Crippen LogP contribution in [0.2, 0.25) is 0 Å². The molecule has 2 aromatic carbocycles. The number of amides is 1. The number of hydrogen-bond donors (Lipinski definition) is 2. The van der Waals surface area contributed by atoms with Crippen LogP contribution in [0.5, 0.6) is 5.75 Å². The zero-order valence-corrected chi connectivity index (χ0v) is 20.6. The molecule has 3 atom stereocenters. The molecule has 34 heavy (non-hydrogen) atoms. The summed E-state index contributed by atoms with van der Waals surface area (Å²) in [5.74, 6) is -0.515. The molecule has 0 unspecified atom stereocenters. The average molecular weight is 470 g/mol. The van der Waals surface area contributed by atoms with Crippen LogP contribution in [0.3, 0.4) is 0 Å². The summed E-state index contributed by atoms with van der Waals surface area (Å²) in [4.78, 5) is 30.3. The number of ether oxygens (including phenoxy) is 1. The lowest BCUT2D eigenvalue weighted by Gasteiger charge is -2.38. The Balaban J connectivity index is 1.85. The predicted octanol–water partition coefficient (Wildman–Crippen LogP) is 2.80. The first-order chi connectivity index (χ1) is 16.1. The number of aromatic carboxylic acids is 1. The van der Waals surface area contributed by atoms with Crippen molar-refractivity contribution in [2.24, 2.45) is 5.92 Å². The topological polar surface area (TPSA) is 93.6 Å². The quantitative estimate of drug-likeness (QED) is 0.614. The van der Waals surface area contributed by atoms with E-state index in [9.17, 15) is 14.7 Å². The second-order valence-electron chi connectivity index (χ2n) is 9.40. The number of rotatable bonds is 8. The first-order valence-electron chi connectivity index (χ1n) is 11.5. The number of nitrogens with zero attached hydrogens (tertiary/aromatic N) is 3. The summed E-state index contributed by atoms with van der Waals surface area (Å²) in [7, 11) is 5.84. The van der Waals surface area contributed by atoms with E-state index in [-0.39, 0.29) is 36.1 Å². The normalized spacial score (nSPS) is 19.1. The SMILES string of the molecule is C[C@H](CO)N1C[C@H](C)[C@H](CN(C)Cc2ccc(C(=O)O)cc2)Oc2ccc(N(C)C)cc2C1=O. The van der Waals surface area contributed by atoms with Gasteiger partial charge in [0.15, 0.2) is 0 Å². The fourth-order valence-corrected chi connectivity index (χ4v) is 4.14. The molecule has 8 heteroatoms. The van der Waals surface area contributed by atoms with E-state index >= 15 is 0 Å². The van der Waals surface area contributed by atoms with Crippen molar-refractivity contribution >= 4 is 17.6 Å². The van der Waals surface area contributed by atoms with Gasteiger partial charge < -0.3 is 24.7 Å². The number of carboxylic acids is 1. The van der Waals surface area contributed by atoms with Gasteiger partial charge in [-0.15, -0.1) is 0 Å². The number of aliphatic hydroxyl groups is 1. The number of carbonyl (C=O) groups is 2. The number of carbonyl (C=O) groups excluding carboxylic acids is 1. The third kappa shape index (κ3) is 5.87. The first-order valence-corrected chi connectivity index (χ1v) is 11.5. The summed E-state index contributed by atoms with van der Waals surface area (Å²) in [6.45, 7) is 5.52. The summed E-state index contributed by atoms with van der Waals surface area (Å²) in [6.07, 6.45) is -0.186. The molecular weight excluding hydrogens is 434 g/mol. The summed E-state index contributed by atoms with van der Waals surface area (Å²) in [5, 5.41) is 18.9. The van der Waals surface area contributed by atoms with Gasteiger partial charge in [-0.2, -0.15) is 0 Å². The molecular formula is C26H35N3O5. The van der Waals surface area contributed by atoms with E-state index in [0.717, 1.165) is 11.3 Å². The number of fused-ring (bicyclic) bond motifs is 1. The molecule has 0 saturated heterocycles. The van der Waals surface area contributed by atoms with E-state index in [1.807, 2.05) is 63.3 Å². The molecule has 1 aliphatic heterocycles. The molecule has 2 N–H and O–H groups in total. The zero-order chi connectivity index (χ0) is 25.0. The lowest BCUT2D eigenvalue weighted by molar-refractivity contribution is 0.0341. The maximum Gasteiger partial charge on any atom is 0.335 e. The van der Waals surface area contributed by atoms with Crippen LogP contribution in [-0.4, -0.2) is 84.9 Å². The van der Waals surface area contributed by atoms with Gasteiger partial charge in [-0.1, -0.05) is 19.1 Å². The second kappa shape index (κ2) is 10.9. The highest BCUT2D eigenvalue weighted by Gasteiger charge is 2.33. The molecule has 0 bridgehead atoms. The van der Waals surface area contributed by atoms with Crippen LogP contribution in [0.1, 0.15) is 40.1 Å². The predicted molar refractivity (Wildman–Crippen MR) is 132 cm³/mol. The standard InChI is InChI=1S/C26H35N3O5/c1-17-13-29(18(2)16-30)25(31)22-12-21(27(3)4)10-11-23(22)34-24(17)15-28(5)14-19-6-8-20(9-7-19)26(32)33/h6-12,17-18,24,30H,13-16H2,1-5H3,(H,32,33)/t17-,18+,24-/m0/s1. The Morgan fingerprint density at radius 3 is 2.44 bits per heavy atom. The molecule has 0 aromatic heterocycles. The highest BCUT2D eigenvalue weighted by molar-refractivity contribution is 5.98. The van der Waals surface area contributed by atoms with Crippen LogP contribution in [0.4, 0.5) is 5.69 Å². The van der Waals surface area contributed by atoms with Crippen molar-refractivity contribution in [1.82, 2.24) is 9.80 Å². The monoisotopic (exact) mass is 469 g/mol. The van der Waals surface area contributed by atoms with Gasteiger partial charge in [0.25, 0.3) is 5.91 Å². The number of anilines is 1. The third-order valence-corrected chi connectivity index (χ3v) is 6.31. The molecule has 0 aliphatic carbocycles. The van der Waals surface area contributed by atoms with E-state index in [0.29, 0.717) is 30.9 Å². The van der Waals surface area contributed by atoms with Gasteiger partial charge in [-0.3, -0.25) is 9.69 Å². The van der Waals surface area contributed by atoms with Gasteiger partial charge in [-0.25, -0.2) is 4.79 Å². The van der Waals surface area contributed by atoms with Crippen LogP contribution < -0.4 is 9.64 Å². The Labute approximate surface area is 201 Å². The van der Waals surface area contributed by atoms with Crippen molar-refractivity contribution in [3.63, 3.8) is 0 Å². The highest BCUT2D eigenvalue weighted by Crippen LogP contribution is 2.31. The number of benzene rings is 2. The minimum Gasteiger partial charge on any atom is -0.488 e. The Morgan fingerprint density at radius 2 is 1.85 bits per heavy atom. The Morgan fingerprint density at radius 1 is 1.18 bits per heavy atom. The molecule has 2 aromatic rings. The lowest BCUT2D eigenvalue weighted by Crippen LogP contribution is -2.49. The lowest BCUT2D eigenvalue weighted by atomic mass is 9.99. The van der Waals surface area contributed by atoms with Crippen molar-refractivity contribution in [1.29, 1.82) is 0 Å². The fraction of sp³-hybridized carbons (Fsp3) is 0.462. The van der Waals surface area contributed by atoms with Crippen molar-refractivity contribution in [2.75, 3.05) is 45.7 Å². The minimum absolute atomic E-state index is 0.0245. The number of likely N-dealkylation sites (N-methyl/N-ethyl adjacent to an activating group) is 1. The highest BCUT2D eigenvalue weighted by atomic mass is 16.5. The van der Waals surface area contributed by atoms with E-state index < -0.39 is 5.97 Å². The van der Waals surface area contributed by atoms with Gasteiger partial charge >= 0.3 is 5.97 Å². The molecule has 0 spiro atoms. The van der Waals surface area contributed by atoms with E-state index in [2.05, 4.69) is 11.8 Å². The molecule has 1 heterocycles. The number of hydrogen-bond acceptors (Lipinski definition) is 6. The molecule has 8 nitrogen and oxygen atoms in total. The number of carboxylic acid groups (broad SMARTS) is 1. The molecule has 1 aliphatic rings. The summed E-state index contributed by atoms with van der Waals surface area (Å²) in [6, 6.07) is 12.2. The fourth-order valence-electron chi connectivity index (χ4n) is 4.14. The van der Waals surface area contributed by atoms with Crippen LogP contribution >= 0.6 is 0 Å². The zero-order valence-electron chi connectivity index (χ0n) is 20.6. The Hall–Kier alpha value is -3.10. The van der Waals surface area contributed by atoms with Gasteiger partial charge in [0.1, 0.15) is 11.9 Å². The Kier molecular flexibility index (Phi) is 8.17. The van der Waals surface area contributed by atoms with Crippen LogP contribution in [0, 0.1) is 5.92 Å². The minimum atomic E-state index is -0.941. The van der Waals surface area contributed by atoms with Gasteiger partial charge in [0.05, 0.1) is 23.8 Å². The average Bonchev–Trinajstić information content (AvgIpc) is 2.80. The smallest absolute Gasteiger partial charge is 0.335 e. The van der Waals surface area contributed by atoms with Gasteiger partial charge in [-0.05, 0) is 49.9 Å². The summed E-state index contributed by atoms with van der Waals surface area (Å²) >= 11 is 0. The van der Waals surface area contributed by atoms with E-state index in [1.54, 1.807) is 17.0 Å². The molecule has 3 rings (SSSR count). The van der Waals surface area contributed by atoms with Gasteiger partial charge in [0, 0.05) is 45.3 Å². The maximum absolute atomic E-state index is 13.4. The van der Waals surface area contributed by atoms with E-state index in [1.165, 1.54) is 0 Å². The van der Waals surface area contributed by atoms with Crippen LogP contribution in [-0.2, 0) is 6.54 Å². The van der Waals surface area contributed by atoms with Crippen LogP contribution in [0.25, 0.3) is 0 Å². The largest absolute Gasteiger partial charge is 0.488 e. The molecule has 0 saturated carbocycles. The molecule has 0 radical (unpaired) electrons. The Bertz CT molecular complexity index is 1010. The maximum atomic E-state index is 13.4. The van der Waals surface area contributed by atoms with Gasteiger partial charge in [0.2, 0.25) is 0 Å². The van der Waals surface area contributed by atoms with Crippen molar-refractivity contribution in [3.8, 4) is 5.75 Å². The van der Waals surface area contributed by atoms with Crippen molar-refractivity contribution < 1.29 is 24.5 Å². The molecule has 1 amide bonds. The summed E-state index contributed by atoms with van der Waals surface area (Å²) in [5.41, 5.74) is 2.67. The van der Waals surface area contributed by atoms with Crippen molar-refractivity contribution in [3.05, 3.63) is 59.2 Å². The van der Waals surface area contributed by atoms with Crippen molar-refractivity contribution in [2.45, 2.75) is 32.5 Å². The number of aliphatic hydroxyl groups excluding tert-OH is 1.